The number of nitrogens with zero attached hydrogens (tertiary/aromatic N) is 2. The molecule has 2 saturated heterocycles. The molecular formula is C26H34N2O5. The summed E-state index contributed by atoms with van der Waals surface area (Å²) in [5.74, 6) is -0.588. The van der Waals surface area contributed by atoms with Gasteiger partial charge in [-0.1, -0.05) is 24.6 Å². The highest BCUT2D eigenvalue weighted by atomic mass is 16.5. The smallest absolute Gasteiger partial charge is 0.318 e. The molecule has 2 amide bonds. The summed E-state index contributed by atoms with van der Waals surface area (Å²) in [7, 11) is 2.99. The van der Waals surface area contributed by atoms with Crippen LogP contribution in [0, 0.1) is 11.3 Å². The van der Waals surface area contributed by atoms with Crippen LogP contribution in [0.4, 0.5) is 0 Å². The molecule has 1 aromatic rings. The third-order valence-corrected chi connectivity index (χ3v) is 7.41. The number of carbonyl (C=O) groups excluding carboxylic acids is 3. The van der Waals surface area contributed by atoms with Gasteiger partial charge in [-0.25, -0.2) is 0 Å². The molecule has 2 aliphatic heterocycles. The van der Waals surface area contributed by atoms with Gasteiger partial charge < -0.3 is 19.3 Å². The predicted molar refractivity (Wildman–Crippen MR) is 123 cm³/mol. The molecule has 0 N–H and O–H groups in total. The minimum atomic E-state index is -1.10. The third kappa shape index (κ3) is 4.37. The SMILES string of the molecule is COC(=O)[C@]12CCCCC=C1N(Cc1ccc(OC)cc1)C(=O)[C@@H]2CC(=O)N1CCCCC1. The highest BCUT2D eigenvalue weighted by molar-refractivity contribution is 5.98. The van der Waals surface area contributed by atoms with E-state index < -0.39 is 17.3 Å². The highest BCUT2D eigenvalue weighted by Gasteiger charge is 2.61. The normalized spacial score (nSPS) is 25.2. The zero-order valence-corrected chi connectivity index (χ0v) is 19.7. The second-order valence-electron chi connectivity index (χ2n) is 9.27. The lowest BCUT2D eigenvalue weighted by Gasteiger charge is -2.33. The van der Waals surface area contributed by atoms with Crippen LogP contribution in [0.2, 0.25) is 0 Å². The molecule has 2 atom stereocenters. The molecule has 7 heteroatoms. The van der Waals surface area contributed by atoms with Gasteiger partial charge in [-0.2, -0.15) is 0 Å². The number of benzene rings is 1. The van der Waals surface area contributed by atoms with Gasteiger partial charge >= 0.3 is 5.97 Å². The molecule has 1 aromatic carbocycles. The fourth-order valence-electron chi connectivity index (χ4n) is 5.63. The Morgan fingerprint density at radius 3 is 2.42 bits per heavy atom. The van der Waals surface area contributed by atoms with Crippen LogP contribution in [0.15, 0.2) is 36.0 Å². The second-order valence-corrected chi connectivity index (χ2v) is 9.27. The Morgan fingerprint density at radius 1 is 1.03 bits per heavy atom. The van der Waals surface area contributed by atoms with E-state index in [1.807, 2.05) is 35.2 Å². The van der Waals surface area contributed by atoms with E-state index >= 15 is 0 Å². The van der Waals surface area contributed by atoms with Gasteiger partial charge in [-0.15, -0.1) is 0 Å². The molecule has 1 aliphatic carbocycles. The second kappa shape index (κ2) is 9.98. The molecule has 3 aliphatic rings. The standard InChI is InChI=1S/C26H34N2O5/c1-32-20-12-10-19(11-13-20)18-28-22-9-5-3-6-14-26(22,25(31)33-2)21(24(28)30)17-23(29)27-15-7-4-8-16-27/h9-13,21H,3-8,14-18H2,1-2H3/t21-,26-/m0/s1. The molecule has 2 fully saturated rings. The molecule has 2 heterocycles. The molecule has 7 nitrogen and oxygen atoms in total. The number of allylic oxidation sites excluding steroid dienone is 1. The number of rotatable bonds is 6. The topological polar surface area (TPSA) is 76.1 Å². The summed E-state index contributed by atoms with van der Waals surface area (Å²) < 4.78 is 10.5. The van der Waals surface area contributed by atoms with E-state index in [1.165, 1.54) is 7.11 Å². The van der Waals surface area contributed by atoms with Gasteiger partial charge in [0.1, 0.15) is 11.2 Å². The van der Waals surface area contributed by atoms with Crippen LogP contribution in [0.1, 0.15) is 56.9 Å². The molecule has 0 unspecified atom stereocenters. The summed E-state index contributed by atoms with van der Waals surface area (Å²) in [6.07, 6.45) is 8.25. The fourth-order valence-corrected chi connectivity index (χ4v) is 5.63. The first-order chi connectivity index (χ1) is 16.0. The lowest BCUT2D eigenvalue weighted by Crippen LogP contribution is -2.43. The van der Waals surface area contributed by atoms with Crippen LogP contribution in [0.25, 0.3) is 0 Å². The van der Waals surface area contributed by atoms with Gasteiger partial charge in [0.15, 0.2) is 0 Å². The van der Waals surface area contributed by atoms with Crippen molar-refractivity contribution in [1.82, 2.24) is 9.80 Å². The average Bonchev–Trinajstić information content (AvgIpc) is 2.99. The van der Waals surface area contributed by atoms with Crippen molar-refractivity contribution in [3.63, 3.8) is 0 Å². The molecule has 0 radical (unpaired) electrons. The van der Waals surface area contributed by atoms with Crippen molar-refractivity contribution in [2.24, 2.45) is 11.3 Å². The van der Waals surface area contributed by atoms with Gasteiger partial charge in [-0.05, 0) is 56.2 Å². The summed E-state index contributed by atoms with van der Waals surface area (Å²) in [6.45, 7) is 1.80. The zero-order valence-electron chi connectivity index (χ0n) is 19.7. The first kappa shape index (κ1) is 23.3. The van der Waals surface area contributed by atoms with Gasteiger partial charge in [0.05, 0.1) is 26.7 Å². The number of esters is 1. The maximum atomic E-state index is 13.8. The van der Waals surface area contributed by atoms with Crippen LogP contribution in [-0.2, 0) is 25.7 Å². The lowest BCUT2D eigenvalue weighted by atomic mass is 9.71. The van der Waals surface area contributed by atoms with E-state index in [2.05, 4.69) is 0 Å². The van der Waals surface area contributed by atoms with Crippen molar-refractivity contribution in [1.29, 1.82) is 0 Å². The van der Waals surface area contributed by atoms with Crippen molar-refractivity contribution in [3.05, 3.63) is 41.6 Å². The molecule has 0 saturated carbocycles. The maximum absolute atomic E-state index is 13.8. The Balaban J connectivity index is 1.69. The van der Waals surface area contributed by atoms with Crippen molar-refractivity contribution < 1.29 is 23.9 Å². The quantitative estimate of drug-likeness (QED) is 0.613. The summed E-state index contributed by atoms with van der Waals surface area (Å²) in [4.78, 5) is 44.0. The van der Waals surface area contributed by atoms with E-state index in [-0.39, 0.29) is 18.2 Å². The molecule has 178 valence electrons. The molecule has 0 spiro atoms. The molecule has 0 bridgehead atoms. The monoisotopic (exact) mass is 454 g/mol. The number of piperidine rings is 1. The molecule has 4 rings (SSSR count). The number of hydrogen-bond donors (Lipinski definition) is 0. The van der Waals surface area contributed by atoms with Crippen LogP contribution in [-0.4, -0.2) is 54.9 Å². The number of hydrogen-bond acceptors (Lipinski definition) is 5. The summed E-state index contributed by atoms with van der Waals surface area (Å²) in [5, 5.41) is 0. The van der Waals surface area contributed by atoms with Crippen LogP contribution < -0.4 is 4.74 Å². The Bertz CT molecular complexity index is 919. The van der Waals surface area contributed by atoms with E-state index in [0.29, 0.717) is 18.7 Å². The summed E-state index contributed by atoms with van der Waals surface area (Å²) in [5.41, 5.74) is 0.556. The predicted octanol–water partition coefficient (Wildman–Crippen LogP) is 3.67. The average molecular weight is 455 g/mol. The Labute approximate surface area is 195 Å². The maximum Gasteiger partial charge on any atom is 0.318 e. The largest absolute Gasteiger partial charge is 0.497 e. The summed E-state index contributed by atoms with van der Waals surface area (Å²) in [6, 6.07) is 7.58. The minimum absolute atomic E-state index is 0.0359. The lowest BCUT2D eigenvalue weighted by molar-refractivity contribution is -0.156. The number of ether oxygens (including phenoxy) is 2. The fraction of sp³-hybridized carbons (Fsp3) is 0.577. The number of likely N-dealkylation sites (tertiary alicyclic amines) is 2. The van der Waals surface area contributed by atoms with E-state index in [4.69, 9.17) is 9.47 Å². The van der Waals surface area contributed by atoms with Crippen molar-refractivity contribution in [3.8, 4) is 5.75 Å². The highest BCUT2D eigenvalue weighted by Crippen LogP contribution is 2.53. The Hall–Kier alpha value is -2.83. The van der Waals surface area contributed by atoms with Crippen LogP contribution in [0.3, 0.4) is 0 Å². The van der Waals surface area contributed by atoms with Gasteiger partial charge in [0.2, 0.25) is 11.8 Å². The number of carbonyl (C=O) groups is 3. The van der Waals surface area contributed by atoms with Gasteiger partial charge in [0.25, 0.3) is 0 Å². The summed E-state index contributed by atoms with van der Waals surface area (Å²) >= 11 is 0. The number of fused-ring (bicyclic) bond motifs is 1. The third-order valence-electron chi connectivity index (χ3n) is 7.41. The zero-order chi connectivity index (χ0) is 23.4. The van der Waals surface area contributed by atoms with E-state index in [0.717, 1.165) is 62.9 Å². The Kier molecular flexibility index (Phi) is 7.05. The van der Waals surface area contributed by atoms with Crippen molar-refractivity contribution >= 4 is 17.8 Å². The number of amides is 2. The minimum Gasteiger partial charge on any atom is -0.497 e. The molecule has 0 aromatic heterocycles. The van der Waals surface area contributed by atoms with Crippen LogP contribution >= 0.6 is 0 Å². The molecular weight excluding hydrogens is 420 g/mol. The van der Waals surface area contributed by atoms with E-state index in [1.54, 1.807) is 12.0 Å². The van der Waals surface area contributed by atoms with Crippen molar-refractivity contribution in [2.75, 3.05) is 27.3 Å². The molecule has 33 heavy (non-hydrogen) atoms. The number of methoxy groups -OCH3 is 2. The first-order valence-electron chi connectivity index (χ1n) is 12.0. The van der Waals surface area contributed by atoms with Gasteiger partial charge in [0, 0.05) is 25.2 Å². The van der Waals surface area contributed by atoms with Crippen LogP contribution in [0.5, 0.6) is 5.75 Å². The van der Waals surface area contributed by atoms with Crippen molar-refractivity contribution in [2.45, 2.75) is 57.9 Å². The van der Waals surface area contributed by atoms with Gasteiger partial charge in [-0.3, -0.25) is 14.4 Å². The first-order valence-corrected chi connectivity index (χ1v) is 12.0. The Morgan fingerprint density at radius 2 is 1.76 bits per heavy atom. The van der Waals surface area contributed by atoms with E-state index in [9.17, 15) is 14.4 Å².